The molecule has 4 unspecified atom stereocenters. The van der Waals surface area contributed by atoms with Gasteiger partial charge in [-0.15, -0.1) is 12.4 Å². The Kier molecular flexibility index (Phi) is 3.99. The van der Waals surface area contributed by atoms with Crippen LogP contribution in [0.2, 0.25) is 0 Å². The highest BCUT2D eigenvalue weighted by atomic mass is 35.5. The molecule has 0 aromatic rings. The lowest BCUT2D eigenvalue weighted by molar-refractivity contribution is -0.136. The Morgan fingerprint density at radius 3 is 2.59 bits per heavy atom. The van der Waals surface area contributed by atoms with Gasteiger partial charge in [0.05, 0.1) is 0 Å². The second-order valence-corrected chi connectivity index (χ2v) is 5.96. The van der Waals surface area contributed by atoms with Gasteiger partial charge in [-0.3, -0.25) is 4.79 Å². The van der Waals surface area contributed by atoms with Crippen molar-refractivity contribution in [3.63, 3.8) is 0 Å². The SMILES string of the molecule is Cl.NCC1CCN(C(=O)C2CC3CCC2C3)C1. The monoisotopic (exact) mass is 258 g/mol. The summed E-state index contributed by atoms with van der Waals surface area (Å²) in [6, 6.07) is 0. The van der Waals surface area contributed by atoms with Crippen LogP contribution in [0.3, 0.4) is 0 Å². The number of rotatable bonds is 2. The smallest absolute Gasteiger partial charge is 0.225 e. The molecular formula is C13H23ClN2O. The summed E-state index contributed by atoms with van der Waals surface area (Å²) in [5.41, 5.74) is 5.67. The predicted octanol–water partition coefficient (Wildman–Crippen LogP) is 1.65. The minimum Gasteiger partial charge on any atom is -0.342 e. The summed E-state index contributed by atoms with van der Waals surface area (Å²) in [6.07, 6.45) is 6.29. The average Bonchev–Trinajstić information content (AvgIpc) is 3.03. The van der Waals surface area contributed by atoms with Crippen molar-refractivity contribution in [3.8, 4) is 0 Å². The van der Waals surface area contributed by atoms with Gasteiger partial charge in [0.25, 0.3) is 0 Å². The van der Waals surface area contributed by atoms with Crippen molar-refractivity contribution in [1.29, 1.82) is 0 Å². The number of carbonyl (C=O) groups excluding carboxylic acids is 1. The van der Waals surface area contributed by atoms with Crippen LogP contribution in [0.5, 0.6) is 0 Å². The molecule has 3 fully saturated rings. The van der Waals surface area contributed by atoms with E-state index in [1.54, 1.807) is 0 Å². The molecule has 1 heterocycles. The fraction of sp³-hybridized carbons (Fsp3) is 0.923. The van der Waals surface area contributed by atoms with E-state index < -0.39 is 0 Å². The summed E-state index contributed by atoms with van der Waals surface area (Å²) < 4.78 is 0. The van der Waals surface area contributed by atoms with E-state index in [4.69, 9.17) is 5.73 Å². The number of likely N-dealkylation sites (tertiary alicyclic amines) is 1. The topological polar surface area (TPSA) is 46.3 Å². The first-order valence-electron chi connectivity index (χ1n) is 6.76. The Morgan fingerprint density at radius 2 is 2.06 bits per heavy atom. The summed E-state index contributed by atoms with van der Waals surface area (Å²) >= 11 is 0. The second kappa shape index (κ2) is 5.15. The molecule has 3 rings (SSSR count). The van der Waals surface area contributed by atoms with Crippen LogP contribution in [0.1, 0.15) is 32.1 Å². The van der Waals surface area contributed by atoms with Gasteiger partial charge in [0.2, 0.25) is 5.91 Å². The zero-order valence-corrected chi connectivity index (χ0v) is 11.1. The summed E-state index contributed by atoms with van der Waals surface area (Å²) in [4.78, 5) is 14.5. The fourth-order valence-corrected chi connectivity index (χ4v) is 4.01. The van der Waals surface area contributed by atoms with E-state index >= 15 is 0 Å². The van der Waals surface area contributed by atoms with Gasteiger partial charge in [-0.2, -0.15) is 0 Å². The van der Waals surface area contributed by atoms with Crippen LogP contribution >= 0.6 is 12.4 Å². The number of hydrogen-bond acceptors (Lipinski definition) is 2. The number of halogens is 1. The standard InChI is InChI=1S/C13H22N2O.ClH/c14-7-10-3-4-15(8-10)13(16)12-6-9-1-2-11(12)5-9;/h9-12H,1-8,14H2;1H. The van der Waals surface area contributed by atoms with Crippen LogP contribution in [0.15, 0.2) is 0 Å². The molecule has 1 aliphatic heterocycles. The molecule has 3 aliphatic rings. The van der Waals surface area contributed by atoms with Gasteiger partial charge in [0.1, 0.15) is 0 Å². The maximum atomic E-state index is 12.4. The molecule has 2 N–H and O–H groups in total. The summed E-state index contributed by atoms with van der Waals surface area (Å²) in [7, 11) is 0. The van der Waals surface area contributed by atoms with Crippen LogP contribution in [-0.4, -0.2) is 30.4 Å². The fourth-order valence-electron chi connectivity index (χ4n) is 4.01. The molecule has 17 heavy (non-hydrogen) atoms. The molecule has 2 aliphatic carbocycles. The Bertz CT molecular complexity index is 297. The molecule has 98 valence electrons. The lowest BCUT2D eigenvalue weighted by Crippen LogP contribution is -2.37. The van der Waals surface area contributed by atoms with E-state index in [1.165, 1.54) is 25.7 Å². The van der Waals surface area contributed by atoms with Crippen molar-refractivity contribution >= 4 is 18.3 Å². The predicted molar refractivity (Wildman–Crippen MR) is 69.9 cm³/mol. The molecule has 0 spiro atoms. The molecular weight excluding hydrogens is 236 g/mol. The van der Waals surface area contributed by atoms with Crippen LogP contribution in [0.4, 0.5) is 0 Å². The van der Waals surface area contributed by atoms with Crippen molar-refractivity contribution in [2.24, 2.45) is 29.4 Å². The van der Waals surface area contributed by atoms with E-state index in [0.29, 0.717) is 17.7 Å². The van der Waals surface area contributed by atoms with Crippen LogP contribution in [0.25, 0.3) is 0 Å². The van der Waals surface area contributed by atoms with E-state index in [2.05, 4.69) is 4.90 Å². The zero-order valence-electron chi connectivity index (χ0n) is 10.3. The molecule has 0 aromatic carbocycles. The normalized spacial score (nSPS) is 39.5. The lowest BCUT2D eigenvalue weighted by Gasteiger charge is -2.26. The third kappa shape index (κ3) is 2.32. The van der Waals surface area contributed by atoms with Gasteiger partial charge in [-0.25, -0.2) is 0 Å². The van der Waals surface area contributed by atoms with E-state index in [0.717, 1.165) is 37.9 Å². The highest BCUT2D eigenvalue weighted by Crippen LogP contribution is 2.49. The number of amides is 1. The van der Waals surface area contributed by atoms with Gasteiger partial charge in [-0.05, 0) is 50.0 Å². The minimum atomic E-state index is 0. The first kappa shape index (κ1) is 13.2. The first-order valence-corrected chi connectivity index (χ1v) is 6.76. The molecule has 3 nitrogen and oxygen atoms in total. The zero-order chi connectivity index (χ0) is 11.1. The largest absolute Gasteiger partial charge is 0.342 e. The first-order chi connectivity index (χ1) is 7.78. The van der Waals surface area contributed by atoms with Crippen molar-refractivity contribution in [2.45, 2.75) is 32.1 Å². The Labute approximate surface area is 110 Å². The van der Waals surface area contributed by atoms with Crippen molar-refractivity contribution < 1.29 is 4.79 Å². The molecule has 4 heteroatoms. The molecule has 2 bridgehead atoms. The number of nitrogens with zero attached hydrogens (tertiary/aromatic N) is 1. The van der Waals surface area contributed by atoms with Crippen molar-refractivity contribution in [3.05, 3.63) is 0 Å². The number of fused-ring (bicyclic) bond motifs is 2. The Morgan fingerprint density at radius 1 is 1.24 bits per heavy atom. The van der Waals surface area contributed by atoms with Gasteiger partial charge in [-0.1, -0.05) is 6.42 Å². The van der Waals surface area contributed by atoms with E-state index in [9.17, 15) is 4.79 Å². The highest BCUT2D eigenvalue weighted by Gasteiger charge is 2.45. The van der Waals surface area contributed by atoms with Crippen LogP contribution in [-0.2, 0) is 4.79 Å². The quantitative estimate of drug-likeness (QED) is 0.819. The molecule has 1 amide bonds. The third-order valence-electron chi connectivity index (χ3n) is 4.99. The van der Waals surface area contributed by atoms with Crippen molar-refractivity contribution in [1.82, 2.24) is 4.90 Å². The average molecular weight is 259 g/mol. The molecule has 1 saturated heterocycles. The lowest BCUT2D eigenvalue weighted by atomic mass is 9.88. The van der Waals surface area contributed by atoms with Crippen LogP contribution in [0, 0.1) is 23.7 Å². The van der Waals surface area contributed by atoms with Gasteiger partial charge in [0, 0.05) is 19.0 Å². The maximum absolute atomic E-state index is 12.4. The van der Waals surface area contributed by atoms with Crippen molar-refractivity contribution in [2.75, 3.05) is 19.6 Å². The second-order valence-electron chi connectivity index (χ2n) is 5.96. The number of hydrogen-bond donors (Lipinski definition) is 1. The summed E-state index contributed by atoms with van der Waals surface area (Å²) in [6.45, 7) is 2.61. The van der Waals surface area contributed by atoms with Crippen LogP contribution < -0.4 is 5.73 Å². The summed E-state index contributed by atoms with van der Waals surface area (Å²) in [5, 5.41) is 0. The van der Waals surface area contributed by atoms with E-state index in [-0.39, 0.29) is 12.4 Å². The molecule has 4 atom stereocenters. The molecule has 0 radical (unpaired) electrons. The number of carbonyl (C=O) groups is 1. The minimum absolute atomic E-state index is 0. The summed E-state index contributed by atoms with van der Waals surface area (Å²) in [5.74, 6) is 2.96. The maximum Gasteiger partial charge on any atom is 0.225 e. The van der Waals surface area contributed by atoms with E-state index in [1.807, 2.05) is 0 Å². The van der Waals surface area contributed by atoms with Gasteiger partial charge in [0.15, 0.2) is 0 Å². The van der Waals surface area contributed by atoms with Gasteiger partial charge >= 0.3 is 0 Å². The third-order valence-corrected chi connectivity index (χ3v) is 4.99. The highest BCUT2D eigenvalue weighted by molar-refractivity contribution is 5.85. The molecule has 0 aromatic heterocycles. The Hall–Kier alpha value is -0.280. The number of nitrogens with two attached hydrogens (primary N) is 1. The van der Waals surface area contributed by atoms with Gasteiger partial charge < -0.3 is 10.6 Å². The Balaban J connectivity index is 0.00000108. The molecule has 2 saturated carbocycles.